The third-order valence-corrected chi connectivity index (χ3v) is 4.79. The van der Waals surface area contributed by atoms with E-state index < -0.39 is 0 Å². The molecule has 2 aromatic carbocycles. The summed E-state index contributed by atoms with van der Waals surface area (Å²) in [6, 6.07) is 14.0. The Morgan fingerprint density at radius 3 is 2.80 bits per heavy atom. The van der Waals surface area contributed by atoms with Gasteiger partial charge in [0.2, 0.25) is 5.91 Å². The lowest BCUT2D eigenvalue weighted by Gasteiger charge is -2.13. The summed E-state index contributed by atoms with van der Waals surface area (Å²) in [5, 5.41) is 2.84. The summed E-state index contributed by atoms with van der Waals surface area (Å²) in [7, 11) is 1.65. The van der Waals surface area contributed by atoms with Crippen LogP contribution in [0.3, 0.4) is 0 Å². The third kappa shape index (κ3) is 5.41. The van der Waals surface area contributed by atoms with Gasteiger partial charge in [0.25, 0.3) is 0 Å². The third-order valence-electron chi connectivity index (χ3n) is 4.79. The van der Waals surface area contributed by atoms with Crippen molar-refractivity contribution in [1.29, 1.82) is 0 Å². The molecule has 0 aliphatic carbocycles. The number of hydrogen-bond acceptors (Lipinski definition) is 4. The van der Waals surface area contributed by atoms with Gasteiger partial charge in [-0.25, -0.2) is 4.98 Å². The molecule has 0 radical (unpaired) electrons. The Labute approximate surface area is 177 Å². The average molecular weight is 408 g/mol. The number of nitrogens with zero attached hydrogens (tertiary/aromatic N) is 2. The quantitative estimate of drug-likeness (QED) is 0.511. The maximum Gasteiger partial charge on any atom is 0.216 e. The van der Waals surface area contributed by atoms with E-state index in [0.717, 1.165) is 46.9 Å². The lowest BCUT2D eigenvalue weighted by Crippen LogP contribution is -2.23. The van der Waals surface area contributed by atoms with Gasteiger partial charge in [-0.05, 0) is 43.2 Å². The van der Waals surface area contributed by atoms with Gasteiger partial charge in [0.1, 0.15) is 5.82 Å². The van der Waals surface area contributed by atoms with E-state index in [1.807, 2.05) is 55.5 Å². The molecule has 0 unspecified atom stereocenters. The summed E-state index contributed by atoms with van der Waals surface area (Å²) >= 11 is 0. The van der Waals surface area contributed by atoms with Crippen LogP contribution in [0.25, 0.3) is 17.1 Å². The number of imidazole rings is 1. The summed E-state index contributed by atoms with van der Waals surface area (Å²) in [4.78, 5) is 15.9. The van der Waals surface area contributed by atoms with Crippen LogP contribution in [0, 0.1) is 0 Å². The van der Waals surface area contributed by atoms with Crippen LogP contribution in [-0.2, 0) is 17.8 Å². The van der Waals surface area contributed by atoms with Crippen molar-refractivity contribution in [2.75, 3.05) is 20.3 Å². The minimum absolute atomic E-state index is 0.0274. The molecule has 0 aliphatic rings. The Morgan fingerprint density at radius 2 is 2.03 bits per heavy atom. The lowest BCUT2D eigenvalue weighted by atomic mass is 10.2. The highest BCUT2D eigenvalue weighted by Crippen LogP contribution is 2.28. The number of amides is 1. The van der Waals surface area contributed by atoms with Gasteiger partial charge in [-0.3, -0.25) is 4.79 Å². The second-order valence-electron chi connectivity index (χ2n) is 7.01. The van der Waals surface area contributed by atoms with Gasteiger partial charge in [0.05, 0.1) is 24.8 Å². The Bertz CT molecular complexity index is 1020. The maximum absolute atomic E-state index is 11.2. The Kier molecular flexibility index (Phi) is 7.49. The molecule has 1 heterocycles. The zero-order chi connectivity index (χ0) is 21.3. The van der Waals surface area contributed by atoms with E-state index >= 15 is 0 Å². The highest BCUT2D eigenvalue weighted by atomic mass is 16.5. The van der Waals surface area contributed by atoms with Crippen molar-refractivity contribution in [2.24, 2.45) is 0 Å². The molecule has 0 bridgehead atoms. The molecular weight excluding hydrogens is 378 g/mol. The van der Waals surface area contributed by atoms with E-state index in [-0.39, 0.29) is 5.91 Å². The predicted molar refractivity (Wildman–Crippen MR) is 120 cm³/mol. The molecule has 0 aliphatic heterocycles. The number of rotatable bonds is 10. The van der Waals surface area contributed by atoms with Gasteiger partial charge in [-0.15, -0.1) is 0 Å². The van der Waals surface area contributed by atoms with Crippen LogP contribution in [0.5, 0.6) is 11.5 Å². The van der Waals surface area contributed by atoms with Crippen LogP contribution in [0.4, 0.5) is 0 Å². The van der Waals surface area contributed by atoms with Crippen molar-refractivity contribution < 1.29 is 14.3 Å². The van der Waals surface area contributed by atoms with Gasteiger partial charge in [0.15, 0.2) is 11.5 Å². The number of allylic oxidation sites excluding steroid dienone is 1. The zero-order valence-corrected chi connectivity index (χ0v) is 17.9. The Balaban J connectivity index is 1.65. The number of ether oxygens (including phenoxy) is 2. The van der Waals surface area contributed by atoms with Crippen molar-refractivity contribution >= 4 is 23.0 Å². The fourth-order valence-corrected chi connectivity index (χ4v) is 3.42. The molecular formula is C24H29N3O3. The molecule has 158 valence electrons. The number of fused-ring (bicyclic) bond motifs is 1. The lowest BCUT2D eigenvalue weighted by molar-refractivity contribution is -0.118. The topological polar surface area (TPSA) is 65.4 Å². The maximum atomic E-state index is 11.2. The van der Waals surface area contributed by atoms with E-state index in [2.05, 4.69) is 16.0 Å². The smallest absolute Gasteiger partial charge is 0.216 e. The molecule has 30 heavy (non-hydrogen) atoms. The second-order valence-corrected chi connectivity index (χ2v) is 7.01. The van der Waals surface area contributed by atoms with E-state index in [0.29, 0.717) is 19.6 Å². The number of carbonyl (C=O) groups excluding carboxylic acids is 1. The predicted octanol–water partition coefficient (Wildman–Crippen LogP) is 4.23. The van der Waals surface area contributed by atoms with Crippen LogP contribution in [0.2, 0.25) is 0 Å². The van der Waals surface area contributed by atoms with Crippen molar-refractivity contribution in [1.82, 2.24) is 14.9 Å². The van der Waals surface area contributed by atoms with Crippen molar-refractivity contribution in [2.45, 2.75) is 33.2 Å². The number of para-hydroxylation sites is 2. The molecule has 6 heteroatoms. The van der Waals surface area contributed by atoms with Gasteiger partial charge >= 0.3 is 0 Å². The number of carbonyl (C=O) groups is 1. The average Bonchev–Trinajstić information content (AvgIpc) is 3.09. The zero-order valence-electron chi connectivity index (χ0n) is 17.9. The number of aromatic nitrogens is 2. The first-order valence-corrected chi connectivity index (χ1v) is 10.2. The molecule has 0 atom stereocenters. The molecule has 0 fully saturated rings. The summed E-state index contributed by atoms with van der Waals surface area (Å²) < 4.78 is 13.7. The van der Waals surface area contributed by atoms with E-state index in [4.69, 9.17) is 14.5 Å². The first-order chi connectivity index (χ1) is 14.6. The first-order valence-electron chi connectivity index (χ1n) is 10.2. The molecule has 6 nitrogen and oxygen atoms in total. The normalized spacial score (nSPS) is 11.2. The highest BCUT2D eigenvalue weighted by molar-refractivity contribution is 5.76. The van der Waals surface area contributed by atoms with Gasteiger partial charge in [0, 0.05) is 26.4 Å². The molecule has 1 aromatic heterocycles. The number of hydrogen-bond donors (Lipinski definition) is 1. The van der Waals surface area contributed by atoms with E-state index in [9.17, 15) is 4.79 Å². The van der Waals surface area contributed by atoms with Crippen LogP contribution >= 0.6 is 0 Å². The SMILES string of the molecule is C/C=C/c1ccc(OCCCn2c(CCNC(C)=O)nc3ccccc32)c(OC)c1. The number of benzene rings is 2. The second kappa shape index (κ2) is 10.5. The van der Waals surface area contributed by atoms with Crippen LogP contribution in [0.1, 0.15) is 31.7 Å². The molecule has 3 aromatic rings. The summed E-state index contributed by atoms with van der Waals surface area (Å²) in [6.07, 6.45) is 5.54. The largest absolute Gasteiger partial charge is 0.493 e. The van der Waals surface area contributed by atoms with Crippen molar-refractivity contribution in [3.8, 4) is 11.5 Å². The fraction of sp³-hybridized carbons (Fsp3) is 0.333. The summed E-state index contributed by atoms with van der Waals surface area (Å²) in [5.74, 6) is 2.42. The number of aryl methyl sites for hydroxylation is 1. The first kappa shape index (κ1) is 21.4. The van der Waals surface area contributed by atoms with Crippen LogP contribution < -0.4 is 14.8 Å². The molecule has 3 rings (SSSR count). The Hall–Kier alpha value is -3.28. The van der Waals surface area contributed by atoms with Gasteiger partial charge in [-0.2, -0.15) is 0 Å². The minimum Gasteiger partial charge on any atom is -0.493 e. The summed E-state index contributed by atoms with van der Waals surface area (Å²) in [6.45, 7) is 5.44. The van der Waals surface area contributed by atoms with E-state index in [1.165, 1.54) is 6.92 Å². The highest BCUT2D eigenvalue weighted by Gasteiger charge is 2.11. The van der Waals surface area contributed by atoms with Crippen molar-refractivity contribution in [3.63, 3.8) is 0 Å². The van der Waals surface area contributed by atoms with E-state index in [1.54, 1.807) is 7.11 Å². The molecule has 1 N–H and O–H groups in total. The van der Waals surface area contributed by atoms with Crippen LogP contribution in [-0.4, -0.2) is 35.7 Å². The number of methoxy groups -OCH3 is 1. The monoisotopic (exact) mass is 407 g/mol. The van der Waals surface area contributed by atoms with Crippen molar-refractivity contribution in [3.05, 3.63) is 59.9 Å². The molecule has 1 amide bonds. The van der Waals surface area contributed by atoms with Gasteiger partial charge in [-0.1, -0.05) is 30.4 Å². The fourth-order valence-electron chi connectivity index (χ4n) is 3.42. The summed E-state index contributed by atoms with van der Waals surface area (Å²) in [5.41, 5.74) is 3.15. The van der Waals surface area contributed by atoms with Gasteiger partial charge < -0.3 is 19.4 Å². The molecule has 0 saturated carbocycles. The molecule has 0 spiro atoms. The Morgan fingerprint density at radius 1 is 1.20 bits per heavy atom. The van der Waals surface area contributed by atoms with Crippen LogP contribution in [0.15, 0.2) is 48.5 Å². The minimum atomic E-state index is -0.0274. The molecule has 0 saturated heterocycles. The standard InChI is InChI=1S/C24H29N3O3/c1-4-8-19-11-12-22(23(17-19)29-3)30-16-7-15-27-21-10-6-5-9-20(21)26-24(27)13-14-25-18(2)28/h4-6,8-12,17H,7,13-16H2,1-3H3,(H,25,28)/b8-4+. The number of nitrogens with one attached hydrogen (secondary N) is 1.